The lowest BCUT2D eigenvalue weighted by Crippen LogP contribution is -2.41. The molecule has 2 aromatic rings. The van der Waals surface area contributed by atoms with Gasteiger partial charge in [0.25, 0.3) is 0 Å². The van der Waals surface area contributed by atoms with Crippen LogP contribution in [-0.2, 0) is 15.7 Å². The van der Waals surface area contributed by atoms with Gasteiger partial charge in [-0.05, 0) is 45.7 Å². The number of aryl methyl sites for hydroxylation is 1. The molecule has 0 atom stereocenters. The van der Waals surface area contributed by atoms with Crippen molar-refractivity contribution in [2.75, 3.05) is 0 Å². The first-order valence-electron chi connectivity index (χ1n) is 7.15. The Morgan fingerprint density at radius 3 is 2.45 bits per heavy atom. The van der Waals surface area contributed by atoms with Gasteiger partial charge in [-0.1, -0.05) is 6.92 Å². The van der Waals surface area contributed by atoms with Crippen LogP contribution in [0.2, 0.25) is 0 Å². The maximum atomic E-state index is 6.08. The van der Waals surface area contributed by atoms with E-state index in [1.165, 1.54) is 5.56 Å². The molecule has 0 radical (unpaired) electrons. The van der Waals surface area contributed by atoms with E-state index in [0.29, 0.717) is 0 Å². The van der Waals surface area contributed by atoms with E-state index in [2.05, 4.69) is 50.7 Å². The molecule has 0 saturated carbocycles. The molecule has 0 unspecified atom stereocenters. The van der Waals surface area contributed by atoms with Crippen molar-refractivity contribution in [2.45, 2.75) is 52.2 Å². The van der Waals surface area contributed by atoms with Crippen molar-refractivity contribution in [3.05, 3.63) is 24.0 Å². The number of aromatic nitrogens is 2. The Labute approximate surface area is 120 Å². The van der Waals surface area contributed by atoms with Crippen molar-refractivity contribution in [1.29, 1.82) is 0 Å². The Kier molecular flexibility index (Phi) is 2.96. The standard InChI is InChI=1S/C15H21BN2O2/c1-6-10-8-17-13-12(10)7-11(9-18-13)16-19-14(2,3)15(4,5)20-16/h7-9H,6H2,1-5H3,(H,17,18). The van der Waals surface area contributed by atoms with Crippen molar-refractivity contribution < 1.29 is 9.31 Å². The minimum Gasteiger partial charge on any atom is -0.399 e. The molecule has 0 aliphatic carbocycles. The molecule has 1 N–H and O–H groups in total. The number of fused-ring (bicyclic) bond motifs is 1. The molecule has 1 aliphatic rings. The molecule has 3 heterocycles. The van der Waals surface area contributed by atoms with Gasteiger partial charge >= 0.3 is 7.12 Å². The molecule has 5 heteroatoms. The summed E-state index contributed by atoms with van der Waals surface area (Å²) in [5, 5.41) is 1.15. The zero-order chi connectivity index (χ0) is 14.5. The first kappa shape index (κ1) is 13.6. The number of nitrogens with zero attached hydrogens (tertiary/aromatic N) is 1. The van der Waals surface area contributed by atoms with Crippen LogP contribution in [0.5, 0.6) is 0 Å². The second kappa shape index (κ2) is 4.33. The highest BCUT2D eigenvalue weighted by Crippen LogP contribution is 2.36. The highest BCUT2D eigenvalue weighted by Gasteiger charge is 2.51. The molecule has 1 saturated heterocycles. The van der Waals surface area contributed by atoms with Crippen LogP contribution in [0, 0.1) is 0 Å². The number of nitrogens with one attached hydrogen (secondary N) is 1. The summed E-state index contributed by atoms with van der Waals surface area (Å²) in [6.45, 7) is 10.4. The molecule has 3 rings (SSSR count). The lowest BCUT2D eigenvalue weighted by atomic mass is 9.80. The van der Waals surface area contributed by atoms with Gasteiger partial charge < -0.3 is 14.3 Å². The summed E-state index contributed by atoms with van der Waals surface area (Å²) < 4.78 is 12.2. The number of hydrogen-bond acceptors (Lipinski definition) is 3. The van der Waals surface area contributed by atoms with Crippen LogP contribution in [0.15, 0.2) is 18.5 Å². The van der Waals surface area contributed by atoms with Crippen molar-refractivity contribution in [3.63, 3.8) is 0 Å². The highest BCUT2D eigenvalue weighted by molar-refractivity contribution is 6.62. The lowest BCUT2D eigenvalue weighted by molar-refractivity contribution is 0.00578. The molecular formula is C15H21BN2O2. The topological polar surface area (TPSA) is 47.1 Å². The molecule has 4 nitrogen and oxygen atoms in total. The fourth-order valence-electron chi connectivity index (χ4n) is 2.47. The number of hydrogen-bond donors (Lipinski definition) is 1. The maximum absolute atomic E-state index is 6.08. The van der Waals surface area contributed by atoms with E-state index in [1.54, 1.807) is 0 Å². The number of pyridine rings is 1. The van der Waals surface area contributed by atoms with E-state index in [4.69, 9.17) is 9.31 Å². The quantitative estimate of drug-likeness (QED) is 0.854. The summed E-state index contributed by atoms with van der Waals surface area (Å²) in [6, 6.07) is 2.12. The second-order valence-electron chi connectivity index (χ2n) is 6.42. The minimum atomic E-state index is -0.350. The average Bonchev–Trinajstić information content (AvgIpc) is 2.87. The van der Waals surface area contributed by atoms with Gasteiger partial charge in [0.05, 0.1) is 11.2 Å². The third-order valence-corrected chi connectivity index (χ3v) is 4.54. The molecule has 0 aromatic carbocycles. The van der Waals surface area contributed by atoms with Gasteiger partial charge in [-0.25, -0.2) is 4.98 Å². The number of aromatic amines is 1. The SMILES string of the molecule is CCc1c[nH]c2ncc(B3OC(C)(C)C(C)(C)O3)cc12. The fourth-order valence-corrected chi connectivity index (χ4v) is 2.47. The summed E-state index contributed by atoms with van der Waals surface area (Å²) >= 11 is 0. The zero-order valence-electron chi connectivity index (χ0n) is 12.8. The smallest absolute Gasteiger partial charge is 0.399 e. The van der Waals surface area contributed by atoms with E-state index in [-0.39, 0.29) is 18.3 Å². The summed E-state index contributed by atoms with van der Waals surface area (Å²) in [6.07, 6.45) is 4.83. The van der Waals surface area contributed by atoms with Gasteiger partial charge in [0.1, 0.15) is 5.65 Å². The van der Waals surface area contributed by atoms with E-state index in [1.807, 2.05) is 12.4 Å². The molecule has 2 aromatic heterocycles. The monoisotopic (exact) mass is 272 g/mol. The Hall–Kier alpha value is -1.33. The van der Waals surface area contributed by atoms with Gasteiger partial charge in [0.2, 0.25) is 0 Å². The van der Waals surface area contributed by atoms with Gasteiger partial charge in [0.15, 0.2) is 0 Å². The van der Waals surface area contributed by atoms with Gasteiger partial charge in [-0.2, -0.15) is 0 Å². The predicted octanol–water partition coefficient (Wildman–Crippen LogP) is 2.42. The third kappa shape index (κ3) is 1.96. The van der Waals surface area contributed by atoms with Crippen LogP contribution in [0.1, 0.15) is 40.2 Å². The summed E-state index contributed by atoms with van der Waals surface area (Å²) in [5.74, 6) is 0. The first-order chi connectivity index (χ1) is 9.34. The Morgan fingerprint density at radius 2 is 1.85 bits per heavy atom. The highest BCUT2D eigenvalue weighted by atomic mass is 16.7. The number of H-pyrrole nitrogens is 1. The Balaban J connectivity index is 1.99. The zero-order valence-corrected chi connectivity index (χ0v) is 12.8. The lowest BCUT2D eigenvalue weighted by Gasteiger charge is -2.32. The largest absolute Gasteiger partial charge is 0.496 e. The van der Waals surface area contributed by atoms with Gasteiger partial charge in [-0.3, -0.25) is 0 Å². The molecule has 106 valence electrons. The van der Waals surface area contributed by atoms with Crippen molar-refractivity contribution in [1.82, 2.24) is 9.97 Å². The fraction of sp³-hybridized carbons (Fsp3) is 0.533. The van der Waals surface area contributed by atoms with Crippen LogP contribution < -0.4 is 5.46 Å². The Morgan fingerprint density at radius 1 is 1.20 bits per heavy atom. The third-order valence-electron chi connectivity index (χ3n) is 4.54. The molecule has 20 heavy (non-hydrogen) atoms. The van der Waals surface area contributed by atoms with Gasteiger partial charge in [0, 0.05) is 23.2 Å². The average molecular weight is 272 g/mol. The summed E-state index contributed by atoms with van der Waals surface area (Å²) in [5.41, 5.74) is 2.52. The van der Waals surface area contributed by atoms with Crippen LogP contribution in [-0.4, -0.2) is 28.3 Å². The normalized spacial score (nSPS) is 20.8. The predicted molar refractivity (Wildman–Crippen MR) is 81.2 cm³/mol. The first-order valence-corrected chi connectivity index (χ1v) is 7.15. The molecule has 0 amide bonds. The van der Waals surface area contributed by atoms with Gasteiger partial charge in [-0.15, -0.1) is 0 Å². The maximum Gasteiger partial charge on any atom is 0.496 e. The molecule has 1 fully saturated rings. The van der Waals surface area contributed by atoms with Crippen molar-refractivity contribution in [2.24, 2.45) is 0 Å². The van der Waals surface area contributed by atoms with E-state index >= 15 is 0 Å². The van der Waals surface area contributed by atoms with Crippen molar-refractivity contribution >= 4 is 23.6 Å². The van der Waals surface area contributed by atoms with Crippen LogP contribution in [0.25, 0.3) is 11.0 Å². The van der Waals surface area contributed by atoms with E-state index in [9.17, 15) is 0 Å². The molecule has 0 bridgehead atoms. The summed E-state index contributed by atoms with van der Waals surface area (Å²) in [4.78, 5) is 7.67. The molecular weight excluding hydrogens is 251 g/mol. The van der Waals surface area contributed by atoms with Crippen LogP contribution in [0.3, 0.4) is 0 Å². The van der Waals surface area contributed by atoms with E-state index < -0.39 is 0 Å². The Bertz CT molecular complexity index is 632. The second-order valence-corrected chi connectivity index (χ2v) is 6.42. The van der Waals surface area contributed by atoms with E-state index in [0.717, 1.165) is 22.9 Å². The van der Waals surface area contributed by atoms with Crippen molar-refractivity contribution in [3.8, 4) is 0 Å². The minimum absolute atomic E-state index is 0.321. The van der Waals surface area contributed by atoms with Crippen LogP contribution in [0.4, 0.5) is 0 Å². The molecule has 0 spiro atoms. The molecule has 1 aliphatic heterocycles. The van der Waals surface area contributed by atoms with Crippen LogP contribution >= 0.6 is 0 Å². The number of rotatable bonds is 2. The summed E-state index contributed by atoms with van der Waals surface area (Å²) in [7, 11) is -0.350.